The minimum atomic E-state index is -0.468. The number of hydrogen-bond acceptors (Lipinski definition) is 3. The Kier molecular flexibility index (Phi) is 7.52. The molecule has 0 aliphatic carbocycles. The van der Waals surface area contributed by atoms with Crippen LogP contribution in [0, 0.1) is 5.41 Å². The number of aliphatic hydroxyl groups is 1. The highest BCUT2D eigenvalue weighted by Gasteiger charge is 2.35. The Bertz CT molecular complexity index is 377. The van der Waals surface area contributed by atoms with E-state index in [1.54, 1.807) is 7.11 Å². The Morgan fingerprint density at radius 2 is 2.05 bits per heavy atom. The van der Waals surface area contributed by atoms with E-state index in [2.05, 4.69) is 13.5 Å². The molecule has 112 valence electrons. The van der Waals surface area contributed by atoms with Gasteiger partial charge in [-0.15, -0.1) is 6.58 Å². The smallest absolute Gasteiger partial charge is 0.146 e. The molecule has 0 aromatic heterocycles. The molecular weight excluding hydrogens is 252 g/mol. The monoisotopic (exact) mass is 278 g/mol. The molecule has 0 spiro atoms. The summed E-state index contributed by atoms with van der Waals surface area (Å²) in [6, 6.07) is 10.0. The summed E-state index contributed by atoms with van der Waals surface area (Å²) in [5, 5.41) is 10.7. The molecule has 0 saturated heterocycles. The molecule has 0 radical (unpaired) electrons. The van der Waals surface area contributed by atoms with Crippen LogP contribution >= 0.6 is 0 Å². The predicted octanol–water partition coefficient (Wildman–Crippen LogP) is 3.18. The molecular formula is C17H26O3. The van der Waals surface area contributed by atoms with Crippen molar-refractivity contribution in [1.82, 2.24) is 0 Å². The zero-order chi connectivity index (χ0) is 14.8. The zero-order valence-electron chi connectivity index (χ0n) is 12.5. The number of hydrogen-bond donors (Lipinski definition) is 1. The zero-order valence-corrected chi connectivity index (χ0v) is 12.5. The van der Waals surface area contributed by atoms with Gasteiger partial charge in [0.2, 0.25) is 0 Å². The first-order valence-corrected chi connectivity index (χ1v) is 7.08. The van der Waals surface area contributed by atoms with Gasteiger partial charge < -0.3 is 14.6 Å². The van der Waals surface area contributed by atoms with E-state index in [1.807, 2.05) is 36.4 Å². The quantitative estimate of drug-likeness (QED) is 0.406. The van der Waals surface area contributed by atoms with Crippen molar-refractivity contribution >= 4 is 0 Å². The fraction of sp³-hybridized carbons (Fsp3) is 0.529. The van der Waals surface area contributed by atoms with Gasteiger partial charge in [-0.3, -0.25) is 0 Å². The van der Waals surface area contributed by atoms with Crippen LogP contribution in [0.25, 0.3) is 0 Å². The average Bonchev–Trinajstić information content (AvgIpc) is 2.47. The highest BCUT2D eigenvalue weighted by molar-refractivity contribution is 5.16. The highest BCUT2D eigenvalue weighted by atomic mass is 16.7. The average molecular weight is 278 g/mol. The molecule has 0 unspecified atom stereocenters. The van der Waals surface area contributed by atoms with Crippen molar-refractivity contribution in [2.45, 2.75) is 32.3 Å². The van der Waals surface area contributed by atoms with Crippen molar-refractivity contribution in [2.75, 3.05) is 20.5 Å². The van der Waals surface area contributed by atoms with Crippen molar-refractivity contribution in [3.05, 3.63) is 48.6 Å². The Hall–Kier alpha value is -1.16. The summed E-state index contributed by atoms with van der Waals surface area (Å²) in [4.78, 5) is 0. The number of allylic oxidation sites excluding steroid dienone is 1. The fourth-order valence-electron chi connectivity index (χ4n) is 2.44. The van der Waals surface area contributed by atoms with Gasteiger partial charge >= 0.3 is 0 Å². The van der Waals surface area contributed by atoms with Gasteiger partial charge in [-0.25, -0.2) is 0 Å². The van der Waals surface area contributed by atoms with E-state index in [-0.39, 0.29) is 12.2 Å². The topological polar surface area (TPSA) is 38.7 Å². The van der Waals surface area contributed by atoms with Crippen LogP contribution in [0.2, 0.25) is 0 Å². The minimum Gasteiger partial charge on any atom is -0.392 e. The molecule has 0 heterocycles. The Balaban J connectivity index is 2.76. The van der Waals surface area contributed by atoms with Crippen molar-refractivity contribution in [2.24, 2.45) is 5.41 Å². The van der Waals surface area contributed by atoms with Gasteiger partial charge in [0.15, 0.2) is 0 Å². The van der Waals surface area contributed by atoms with E-state index < -0.39 is 6.10 Å². The highest BCUT2D eigenvalue weighted by Crippen LogP contribution is 2.33. The summed E-state index contributed by atoms with van der Waals surface area (Å²) in [5.74, 6) is 0. The Labute approximate surface area is 122 Å². The van der Waals surface area contributed by atoms with E-state index in [4.69, 9.17) is 9.47 Å². The molecule has 0 aliphatic heterocycles. The normalized spacial score (nSPS) is 15.6. The summed E-state index contributed by atoms with van der Waals surface area (Å²) in [5.41, 5.74) is 0.824. The Morgan fingerprint density at radius 3 is 2.60 bits per heavy atom. The van der Waals surface area contributed by atoms with Gasteiger partial charge in [0.1, 0.15) is 6.79 Å². The van der Waals surface area contributed by atoms with Gasteiger partial charge in [-0.2, -0.15) is 0 Å². The van der Waals surface area contributed by atoms with Gasteiger partial charge in [-0.1, -0.05) is 43.3 Å². The van der Waals surface area contributed by atoms with Crippen LogP contribution in [0.1, 0.15) is 25.3 Å². The van der Waals surface area contributed by atoms with Crippen LogP contribution in [0.4, 0.5) is 0 Å². The lowest BCUT2D eigenvalue weighted by molar-refractivity contribution is -0.0987. The lowest BCUT2D eigenvalue weighted by Crippen LogP contribution is -2.40. The standard InChI is InChI=1S/C17H26O3/c1-4-11-17(5-2,13-20-14-19-3)16(18)12-15-9-7-6-8-10-15/h4,6-10,16,18H,1,5,11-14H2,2-3H3/t16-,17+/m1/s1. The van der Waals surface area contributed by atoms with Crippen LogP contribution in [0.15, 0.2) is 43.0 Å². The van der Waals surface area contributed by atoms with Gasteiger partial charge in [-0.05, 0) is 24.8 Å². The van der Waals surface area contributed by atoms with E-state index in [1.165, 1.54) is 0 Å². The van der Waals surface area contributed by atoms with Crippen molar-refractivity contribution in [3.8, 4) is 0 Å². The lowest BCUT2D eigenvalue weighted by Gasteiger charge is -2.36. The molecule has 20 heavy (non-hydrogen) atoms. The molecule has 0 amide bonds. The molecule has 1 aromatic rings. The molecule has 2 atom stereocenters. The molecule has 1 N–H and O–H groups in total. The summed E-state index contributed by atoms with van der Waals surface area (Å²) in [7, 11) is 1.60. The molecule has 3 heteroatoms. The largest absolute Gasteiger partial charge is 0.392 e. The summed E-state index contributed by atoms with van der Waals surface area (Å²) < 4.78 is 10.4. The van der Waals surface area contributed by atoms with E-state index in [0.717, 1.165) is 18.4 Å². The fourth-order valence-corrected chi connectivity index (χ4v) is 2.44. The van der Waals surface area contributed by atoms with E-state index in [9.17, 15) is 5.11 Å². The third-order valence-corrected chi connectivity index (χ3v) is 3.82. The number of aliphatic hydroxyl groups excluding tert-OH is 1. The van der Waals surface area contributed by atoms with Crippen LogP contribution in [0.5, 0.6) is 0 Å². The predicted molar refractivity (Wildman–Crippen MR) is 81.5 cm³/mol. The molecule has 0 bridgehead atoms. The molecule has 3 nitrogen and oxygen atoms in total. The van der Waals surface area contributed by atoms with E-state index in [0.29, 0.717) is 13.0 Å². The third kappa shape index (κ3) is 4.75. The SMILES string of the molecule is C=CC[C@@](CC)(COCOC)[C@H](O)Cc1ccccc1. The van der Waals surface area contributed by atoms with E-state index >= 15 is 0 Å². The maximum Gasteiger partial charge on any atom is 0.146 e. The number of methoxy groups -OCH3 is 1. The summed E-state index contributed by atoms with van der Waals surface area (Å²) in [6.45, 7) is 6.61. The van der Waals surface area contributed by atoms with Crippen LogP contribution in [-0.4, -0.2) is 31.7 Å². The summed E-state index contributed by atoms with van der Waals surface area (Å²) >= 11 is 0. The van der Waals surface area contributed by atoms with Crippen LogP contribution < -0.4 is 0 Å². The second-order valence-corrected chi connectivity index (χ2v) is 5.17. The molecule has 0 aliphatic rings. The van der Waals surface area contributed by atoms with Crippen molar-refractivity contribution in [3.63, 3.8) is 0 Å². The maximum absolute atomic E-state index is 10.7. The van der Waals surface area contributed by atoms with Crippen LogP contribution in [0.3, 0.4) is 0 Å². The minimum absolute atomic E-state index is 0.247. The molecule has 0 fully saturated rings. The van der Waals surface area contributed by atoms with Crippen LogP contribution in [-0.2, 0) is 15.9 Å². The molecule has 1 aromatic carbocycles. The van der Waals surface area contributed by atoms with Gasteiger partial charge in [0.05, 0.1) is 12.7 Å². The summed E-state index contributed by atoms with van der Waals surface area (Å²) in [6.07, 6.45) is 3.56. The third-order valence-electron chi connectivity index (χ3n) is 3.82. The number of rotatable bonds is 10. The number of ether oxygens (including phenoxy) is 2. The van der Waals surface area contributed by atoms with Crippen molar-refractivity contribution < 1.29 is 14.6 Å². The molecule has 1 rings (SSSR count). The molecule has 0 saturated carbocycles. The van der Waals surface area contributed by atoms with Crippen molar-refractivity contribution in [1.29, 1.82) is 0 Å². The lowest BCUT2D eigenvalue weighted by atomic mass is 9.75. The second-order valence-electron chi connectivity index (χ2n) is 5.17. The Morgan fingerprint density at radius 1 is 1.35 bits per heavy atom. The first-order valence-electron chi connectivity index (χ1n) is 7.08. The first-order chi connectivity index (χ1) is 9.68. The maximum atomic E-state index is 10.7. The first kappa shape index (κ1) is 16.9. The second kappa shape index (κ2) is 8.90. The van der Waals surface area contributed by atoms with Gasteiger partial charge in [0, 0.05) is 12.5 Å². The number of benzene rings is 1. The van der Waals surface area contributed by atoms with Gasteiger partial charge in [0.25, 0.3) is 0 Å².